The van der Waals surface area contributed by atoms with Crippen LogP contribution in [0, 0.1) is 6.92 Å². The molecule has 1 atom stereocenters. The number of benzene rings is 1. The highest BCUT2D eigenvalue weighted by Crippen LogP contribution is 2.08. The van der Waals surface area contributed by atoms with Gasteiger partial charge in [0.15, 0.2) is 0 Å². The summed E-state index contributed by atoms with van der Waals surface area (Å²) in [5.74, 6) is 0. The second kappa shape index (κ2) is 6.91. The Labute approximate surface area is 111 Å². The fourth-order valence-corrected chi connectivity index (χ4v) is 2.71. The lowest BCUT2D eigenvalue weighted by Crippen LogP contribution is -2.37. The third-order valence-electron chi connectivity index (χ3n) is 3.85. The van der Waals surface area contributed by atoms with Crippen LogP contribution in [0.4, 0.5) is 0 Å². The Kier molecular flexibility index (Phi) is 5.21. The van der Waals surface area contributed by atoms with Gasteiger partial charge in [0, 0.05) is 19.1 Å². The van der Waals surface area contributed by atoms with Crippen LogP contribution in [0.1, 0.15) is 30.9 Å². The largest absolute Gasteiger partial charge is 0.313 e. The zero-order chi connectivity index (χ0) is 12.8. The van der Waals surface area contributed by atoms with Crippen LogP contribution in [0.5, 0.6) is 0 Å². The van der Waals surface area contributed by atoms with E-state index in [1.54, 1.807) is 0 Å². The normalized spacial score (nSPS) is 21.8. The van der Waals surface area contributed by atoms with E-state index in [4.69, 9.17) is 0 Å². The van der Waals surface area contributed by atoms with E-state index < -0.39 is 0 Å². The second-order valence-corrected chi connectivity index (χ2v) is 5.45. The fraction of sp³-hybridized carbons (Fsp3) is 0.625. The van der Waals surface area contributed by atoms with Crippen LogP contribution in [0.25, 0.3) is 0 Å². The molecule has 1 saturated heterocycles. The minimum atomic E-state index is 0.685. The van der Waals surface area contributed by atoms with Crippen LogP contribution in [-0.4, -0.2) is 37.1 Å². The fourth-order valence-electron chi connectivity index (χ4n) is 2.71. The second-order valence-electron chi connectivity index (χ2n) is 5.45. The first-order valence-electron chi connectivity index (χ1n) is 7.29. The van der Waals surface area contributed by atoms with Crippen molar-refractivity contribution in [2.45, 2.75) is 39.2 Å². The van der Waals surface area contributed by atoms with E-state index in [1.807, 2.05) is 0 Å². The molecular weight excluding hydrogens is 220 g/mol. The van der Waals surface area contributed by atoms with Gasteiger partial charge in [-0.25, -0.2) is 0 Å². The van der Waals surface area contributed by atoms with Crippen molar-refractivity contribution in [1.29, 1.82) is 0 Å². The van der Waals surface area contributed by atoms with Gasteiger partial charge in [0.2, 0.25) is 0 Å². The summed E-state index contributed by atoms with van der Waals surface area (Å²) in [5.41, 5.74) is 2.84. The van der Waals surface area contributed by atoms with Crippen LogP contribution in [-0.2, 0) is 6.42 Å². The Morgan fingerprint density at radius 1 is 1.39 bits per heavy atom. The molecule has 1 unspecified atom stereocenters. The monoisotopic (exact) mass is 246 g/mol. The van der Waals surface area contributed by atoms with Gasteiger partial charge in [0.1, 0.15) is 0 Å². The molecule has 18 heavy (non-hydrogen) atoms. The Morgan fingerprint density at radius 2 is 2.28 bits per heavy atom. The maximum absolute atomic E-state index is 3.63. The van der Waals surface area contributed by atoms with Crippen molar-refractivity contribution < 1.29 is 0 Å². The van der Waals surface area contributed by atoms with E-state index in [2.05, 4.69) is 48.3 Å². The summed E-state index contributed by atoms with van der Waals surface area (Å²) in [6.07, 6.45) is 3.70. The molecule has 1 aromatic carbocycles. The molecule has 1 heterocycles. The molecule has 0 aliphatic carbocycles. The molecule has 2 nitrogen and oxygen atoms in total. The first-order chi connectivity index (χ1) is 8.78. The summed E-state index contributed by atoms with van der Waals surface area (Å²) in [5, 5.41) is 3.63. The molecule has 0 spiro atoms. The van der Waals surface area contributed by atoms with Gasteiger partial charge in [-0.3, -0.25) is 0 Å². The van der Waals surface area contributed by atoms with E-state index in [0.29, 0.717) is 6.04 Å². The average molecular weight is 246 g/mol. The Bertz CT molecular complexity index is 362. The molecule has 1 aliphatic rings. The third-order valence-corrected chi connectivity index (χ3v) is 3.85. The van der Waals surface area contributed by atoms with E-state index in [-0.39, 0.29) is 0 Å². The van der Waals surface area contributed by atoms with Crippen molar-refractivity contribution in [3.8, 4) is 0 Å². The third kappa shape index (κ3) is 4.11. The van der Waals surface area contributed by atoms with Gasteiger partial charge < -0.3 is 10.2 Å². The molecule has 1 aromatic rings. The number of nitrogens with zero attached hydrogens (tertiary/aromatic N) is 1. The Morgan fingerprint density at radius 3 is 3.06 bits per heavy atom. The first-order valence-corrected chi connectivity index (χ1v) is 7.29. The van der Waals surface area contributed by atoms with Crippen molar-refractivity contribution in [1.82, 2.24) is 10.2 Å². The number of hydrogen-bond donors (Lipinski definition) is 1. The van der Waals surface area contributed by atoms with E-state index in [9.17, 15) is 0 Å². The summed E-state index contributed by atoms with van der Waals surface area (Å²) < 4.78 is 0. The summed E-state index contributed by atoms with van der Waals surface area (Å²) >= 11 is 0. The van der Waals surface area contributed by atoms with Crippen molar-refractivity contribution in [2.24, 2.45) is 0 Å². The van der Waals surface area contributed by atoms with Crippen molar-refractivity contribution in [2.75, 3.05) is 26.2 Å². The van der Waals surface area contributed by atoms with E-state index in [1.165, 1.54) is 56.6 Å². The molecule has 0 radical (unpaired) electrons. The minimum Gasteiger partial charge on any atom is -0.313 e. The molecular formula is C16H26N2. The molecule has 1 aliphatic heterocycles. The zero-order valence-electron chi connectivity index (χ0n) is 11.8. The van der Waals surface area contributed by atoms with Gasteiger partial charge >= 0.3 is 0 Å². The number of rotatable bonds is 4. The maximum Gasteiger partial charge on any atom is 0.0192 e. The van der Waals surface area contributed by atoms with Gasteiger partial charge in [0.05, 0.1) is 0 Å². The predicted molar refractivity (Wildman–Crippen MR) is 78.0 cm³/mol. The summed E-state index contributed by atoms with van der Waals surface area (Å²) in [4.78, 5) is 2.62. The van der Waals surface area contributed by atoms with Gasteiger partial charge in [-0.1, -0.05) is 36.8 Å². The number of hydrogen-bond acceptors (Lipinski definition) is 2. The zero-order valence-corrected chi connectivity index (χ0v) is 11.8. The molecule has 1 N–H and O–H groups in total. The first kappa shape index (κ1) is 13.6. The quantitative estimate of drug-likeness (QED) is 0.878. The summed E-state index contributed by atoms with van der Waals surface area (Å²) in [6.45, 7) is 9.28. The highest BCUT2D eigenvalue weighted by molar-refractivity contribution is 5.22. The number of aryl methyl sites for hydroxylation is 1. The van der Waals surface area contributed by atoms with Crippen LogP contribution < -0.4 is 5.32 Å². The molecule has 100 valence electrons. The Hall–Kier alpha value is -0.860. The standard InChI is InChI=1S/C16H26N2/c1-3-16-13-18(10-5-9-17-16)11-8-15-7-4-6-14(2)12-15/h4,6-7,12,16-17H,3,5,8-11,13H2,1-2H3. The van der Waals surface area contributed by atoms with Gasteiger partial charge in [-0.05, 0) is 44.8 Å². The molecule has 2 rings (SSSR count). The molecule has 0 bridgehead atoms. The van der Waals surface area contributed by atoms with E-state index in [0.717, 1.165) is 0 Å². The highest BCUT2D eigenvalue weighted by atomic mass is 15.2. The molecule has 0 saturated carbocycles. The van der Waals surface area contributed by atoms with E-state index >= 15 is 0 Å². The molecule has 1 fully saturated rings. The van der Waals surface area contributed by atoms with Crippen LogP contribution in [0.3, 0.4) is 0 Å². The lowest BCUT2D eigenvalue weighted by molar-refractivity contribution is 0.268. The summed E-state index contributed by atoms with van der Waals surface area (Å²) in [7, 11) is 0. The summed E-state index contributed by atoms with van der Waals surface area (Å²) in [6, 6.07) is 9.59. The van der Waals surface area contributed by atoms with Crippen LogP contribution in [0.15, 0.2) is 24.3 Å². The van der Waals surface area contributed by atoms with Crippen molar-refractivity contribution >= 4 is 0 Å². The average Bonchev–Trinajstić information content (AvgIpc) is 2.61. The van der Waals surface area contributed by atoms with Gasteiger partial charge in [0.25, 0.3) is 0 Å². The smallest absolute Gasteiger partial charge is 0.0192 e. The van der Waals surface area contributed by atoms with Crippen molar-refractivity contribution in [3.05, 3.63) is 35.4 Å². The van der Waals surface area contributed by atoms with Crippen LogP contribution in [0.2, 0.25) is 0 Å². The maximum atomic E-state index is 3.63. The topological polar surface area (TPSA) is 15.3 Å². The highest BCUT2D eigenvalue weighted by Gasteiger charge is 2.15. The molecule has 0 aromatic heterocycles. The predicted octanol–water partition coefficient (Wildman–Crippen LogP) is 2.61. The lowest BCUT2D eigenvalue weighted by Gasteiger charge is -2.23. The van der Waals surface area contributed by atoms with Gasteiger partial charge in [-0.2, -0.15) is 0 Å². The molecule has 0 amide bonds. The SMILES string of the molecule is CCC1CN(CCc2cccc(C)c2)CCCN1. The minimum absolute atomic E-state index is 0.685. The Balaban J connectivity index is 1.85. The van der Waals surface area contributed by atoms with Gasteiger partial charge in [-0.15, -0.1) is 0 Å². The molecule has 2 heteroatoms. The van der Waals surface area contributed by atoms with Crippen LogP contribution >= 0.6 is 0 Å². The van der Waals surface area contributed by atoms with Crippen molar-refractivity contribution in [3.63, 3.8) is 0 Å². The number of nitrogens with one attached hydrogen (secondary N) is 1. The lowest BCUT2D eigenvalue weighted by atomic mass is 10.1.